The highest BCUT2D eigenvalue weighted by atomic mass is 16.2. The summed E-state index contributed by atoms with van der Waals surface area (Å²) in [5.74, 6) is -0.0942. The fraction of sp³-hybridized carbons (Fsp3) is 0.222. The number of carbonyl (C=O) groups is 2. The molecule has 5 nitrogen and oxygen atoms in total. The van der Waals surface area contributed by atoms with Crippen molar-refractivity contribution in [2.45, 2.75) is 12.8 Å². The summed E-state index contributed by atoms with van der Waals surface area (Å²) in [6, 6.07) is 17.2. The van der Waals surface area contributed by atoms with Gasteiger partial charge < -0.3 is 16.0 Å². The molecule has 2 amide bonds. The molecule has 0 spiro atoms. The maximum atomic E-state index is 11.9. The molecular weight excluding hydrogens is 290 g/mol. The van der Waals surface area contributed by atoms with Gasteiger partial charge >= 0.3 is 0 Å². The summed E-state index contributed by atoms with van der Waals surface area (Å²) >= 11 is 0. The van der Waals surface area contributed by atoms with E-state index in [1.807, 2.05) is 54.6 Å². The Morgan fingerprint density at radius 1 is 0.870 bits per heavy atom. The molecule has 23 heavy (non-hydrogen) atoms. The number of nitrogens with one attached hydrogen (secondary N) is 3. The zero-order valence-electron chi connectivity index (χ0n) is 13.1. The minimum Gasteiger partial charge on any atom is -0.376 e. The number of hydrogen-bond donors (Lipinski definition) is 3. The van der Waals surface area contributed by atoms with Gasteiger partial charge in [-0.2, -0.15) is 0 Å². The largest absolute Gasteiger partial charge is 0.376 e. The number of anilines is 2. The Morgan fingerprint density at radius 3 is 2.17 bits per heavy atom. The minimum atomic E-state index is -0.0803. The molecule has 2 aromatic rings. The first-order valence-corrected chi connectivity index (χ1v) is 7.55. The van der Waals surface area contributed by atoms with Gasteiger partial charge in [0.1, 0.15) is 0 Å². The summed E-state index contributed by atoms with van der Waals surface area (Å²) < 4.78 is 0. The van der Waals surface area contributed by atoms with Crippen LogP contribution in [-0.2, 0) is 16.0 Å². The van der Waals surface area contributed by atoms with E-state index in [0.717, 1.165) is 23.4 Å². The topological polar surface area (TPSA) is 70.2 Å². The van der Waals surface area contributed by atoms with Crippen molar-refractivity contribution in [1.29, 1.82) is 0 Å². The number of amides is 2. The van der Waals surface area contributed by atoms with Gasteiger partial charge in [0, 0.05) is 24.8 Å². The number of aryl methyl sites for hydroxylation is 1. The van der Waals surface area contributed by atoms with Crippen LogP contribution < -0.4 is 16.0 Å². The summed E-state index contributed by atoms with van der Waals surface area (Å²) in [4.78, 5) is 23.1. The molecule has 0 aliphatic rings. The van der Waals surface area contributed by atoms with Gasteiger partial charge in [0.15, 0.2) is 0 Å². The standard InChI is InChI=1S/C18H21N3O2/c1-19-18(23)13-20-15-8-10-16(11-9-15)21-17(22)12-7-14-5-3-2-4-6-14/h2-6,8-11,20H,7,12-13H2,1H3,(H,19,23)(H,21,22). The van der Waals surface area contributed by atoms with Crippen molar-refractivity contribution in [1.82, 2.24) is 5.32 Å². The molecule has 0 radical (unpaired) electrons. The van der Waals surface area contributed by atoms with Gasteiger partial charge in [-0.25, -0.2) is 0 Å². The van der Waals surface area contributed by atoms with E-state index in [2.05, 4.69) is 16.0 Å². The Morgan fingerprint density at radius 2 is 1.52 bits per heavy atom. The number of hydrogen-bond acceptors (Lipinski definition) is 3. The monoisotopic (exact) mass is 311 g/mol. The fourth-order valence-electron chi connectivity index (χ4n) is 2.07. The van der Waals surface area contributed by atoms with Crippen LogP contribution in [0.1, 0.15) is 12.0 Å². The highest BCUT2D eigenvalue weighted by molar-refractivity contribution is 5.91. The van der Waals surface area contributed by atoms with E-state index in [0.29, 0.717) is 6.42 Å². The van der Waals surface area contributed by atoms with E-state index < -0.39 is 0 Å². The van der Waals surface area contributed by atoms with Gasteiger partial charge in [0.05, 0.1) is 6.54 Å². The van der Waals surface area contributed by atoms with E-state index in [1.165, 1.54) is 0 Å². The van der Waals surface area contributed by atoms with Gasteiger partial charge in [0.25, 0.3) is 0 Å². The summed E-state index contributed by atoms with van der Waals surface area (Å²) in [5, 5.41) is 8.41. The van der Waals surface area contributed by atoms with Crippen LogP contribution in [0.2, 0.25) is 0 Å². The lowest BCUT2D eigenvalue weighted by atomic mass is 10.1. The van der Waals surface area contributed by atoms with Gasteiger partial charge in [-0.05, 0) is 36.2 Å². The Hall–Kier alpha value is -2.82. The second-order valence-corrected chi connectivity index (χ2v) is 5.14. The number of likely N-dealkylation sites (N-methyl/N-ethyl adjacent to an activating group) is 1. The van der Waals surface area contributed by atoms with E-state index >= 15 is 0 Å². The average Bonchev–Trinajstić information content (AvgIpc) is 2.60. The molecule has 2 aromatic carbocycles. The molecular formula is C18H21N3O2. The van der Waals surface area contributed by atoms with Crippen molar-refractivity contribution in [3.63, 3.8) is 0 Å². The third-order valence-electron chi connectivity index (χ3n) is 3.38. The predicted molar refractivity (Wildman–Crippen MR) is 92.4 cm³/mol. The summed E-state index contributed by atoms with van der Waals surface area (Å²) in [6.07, 6.45) is 1.17. The van der Waals surface area contributed by atoms with Crippen molar-refractivity contribution in [3.8, 4) is 0 Å². The molecule has 0 aromatic heterocycles. The van der Waals surface area contributed by atoms with Crippen LogP contribution in [0.5, 0.6) is 0 Å². The number of benzene rings is 2. The quantitative estimate of drug-likeness (QED) is 0.735. The maximum Gasteiger partial charge on any atom is 0.239 e. The molecule has 0 heterocycles. The van der Waals surface area contributed by atoms with Crippen LogP contribution >= 0.6 is 0 Å². The van der Waals surface area contributed by atoms with Crippen LogP contribution in [0, 0.1) is 0 Å². The first-order chi connectivity index (χ1) is 11.2. The molecule has 0 saturated heterocycles. The van der Waals surface area contributed by atoms with Crippen molar-refractivity contribution in [3.05, 3.63) is 60.2 Å². The SMILES string of the molecule is CNC(=O)CNc1ccc(NC(=O)CCc2ccccc2)cc1. The smallest absolute Gasteiger partial charge is 0.239 e. The highest BCUT2D eigenvalue weighted by Gasteiger charge is 2.04. The first-order valence-electron chi connectivity index (χ1n) is 7.55. The van der Waals surface area contributed by atoms with Gasteiger partial charge in [0.2, 0.25) is 11.8 Å². The van der Waals surface area contributed by atoms with E-state index in [-0.39, 0.29) is 18.4 Å². The molecule has 120 valence electrons. The first kappa shape index (κ1) is 16.5. The second-order valence-electron chi connectivity index (χ2n) is 5.14. The maximum absolute atomic E-state index is 11.9. The van der Waals surface area contributed by atoms with Crippen LogP contribution in [0.4, 0.5) is 11.4 Å². The van der Waals surface area contributed by atoms with E-state index in [1.54, 1.807) is 7.05 Å². The highest BCUT2D eigenvalue weighted by Crippen LogP contribution is 2.14. The molecule has 0 bridgehead atoms. The lowest BCUT2D eigenvalue weighted by Gasteiger charge is -2.08. The number of rotatable bonds is 7. The average molecular weight is 311 g/mol. The second kappa shape index (κ2) is 8.58. The fourth-order valence-corrected chi connectivity index (χ4v) is 2.07. The van der Waals surface area contributed by atoms with Crippen molar-refractivity contribution in [2.24, 2.45) is 0 Å². The lowest BCUT2D eigenvalue weighted by Crippen LogP contribution is -2.26. The summed E-state index contributed by atoms with van der Waals surface area (Å²) in [7, 11) is 1.60. The van der Waals surface area contributed by atoms with E-state index in [9.17, 15) is 9.59 Å². The third kappa shape index (κ3) is 5.82. The summed E-state index contributed by atoms with van der Waals surface area (Å²) in [5.41, 5.74) is 2.72. The molecule has 0 atom stereocenters. The minimum absolute atomic E-state index is 0.0140. The Labute approximate surface area is 136 Å². The van der Waals surface area contributed by atoms with Gasteiger partial charge in [-0.3, -0.25) is 9.59 Å². The van der Waals surface area contributed by atoms with Crippen molar-refractivity contribution < 1.29 is 9.59 Å². The molecule has 0 fully saturated rings. The van der Waals surface area contributed by atoms with Crippen LogP contribution in [0.15, 0.2) is 54.6 Å². The Balaban J connectivity index is 1.78. The number of carbonyl (C=O) groups excluding carboxylic acids is 2. The molecule has 2 rings (SSSR count). The van der Waals surface area contributed by atoms with Gasteiger partial charge in [-0.15, -0.1) is 0 Å². The lowest BCUT2D eigenvalue weighted by molar-refractivity contribution is -0.119. The molecule has 0 aliphatic heterocycles. The third-order valence-corrected chi connectivity index (χ3v) is 3.38. The molecule has 0 unspecified atom stereocenters. The molecule has 5 heteroatoms. The van der Waals surface area contributed by atoms with E-state index in [4.69, 9.17) is 0 Å². The zero-order chi connectivity index (χ0) is 16.5. The van der Waals surface area contributed by atoms with Gasteiger partial charge in [-0.1, -0.05) is 30.3 Å². The molecule has 0 aliphatic carbocycles. The molecule has 3 N–H and O–H groups in total. The Kier molecular flexibility index (Phi) is 6.17. The Bertz CT molecular complexity index is 639. The van der Waals surface area contributed by atoms with Crippen molar-refractivity contribution >= 4 is 23.2 Å². The summed E-state index contributed by atoms with van der Waals surface area (Å²) in [6.45, 7) is 0.222. The molecule has 0 saturated carbocycles. The van der Waals surface area contributed by atoms with Crippen molar-refractivity contribution in [2.75, 3.05) is 24.2 Å². The van der Waals surface area contributed by atoms with Crippen LogP contribution in [0.3, 0.4) is 0 Å². The van der Waals surface area contributed by atoms with Crippen LogP contribution in [0.25, 0.3) is 0 Å². The predicted octanol–water partition coefficient (Wildman–Crippen LogP) is 2.42. The van der Waals surface area contributed by atoms with Crippen LogP contribution in [-0.4, -0.2) is 25.4 Å². The zero-order valence-corrected chi connectivity index (χ0v) is 13.1. The normalized spacial score (nSPS) is 9.96.